The predicted octanol–water partition coefficient (Wildman–Crippen LogP) is 3.42. The number of aryl methyl sites for hydroxylation is 3. The smallest absolute Gasteiger partial charge is 0.258 e. The molecule has 0 N–H and O–H groups in total. The summed E-state index contributed by atoms with van der Waals surface area (Å²) in [6.45, 7) is 6.25. The summed E-state index contributed by atoms with van der Waals surface area (Å²) >= 11 is 0. The minimum atomic E-state index is -0.0626. The van der Waals surface area contributed by atoms with Crippen LogP contribution in [0.5, 0.6) is 0 Å². The fourth-order valence-electron chi connectivity index (χ4n) is 2.63. The first kappa shape index (κ1) is 15.2. The lowest BCUT2D eigenvalue weighted by Gasteiger charge is -2.18. The second-order valence-corrected chi connectivity index (χ2v) is 5.91. The second-order valence-electron chi connectivity index (χ2n) is 5.91. The van der Waals surface area contributed by atoms with Gasteiger partial charge in [0.05, 0.1) is 16.6 Å². The molecule has 23 heavy (non-hydrogen) atoms. The predicted molar refractivity (Wildman–Crippen MR) is 88.3 cm³/mol. The Morgan fingerprint density at radius 3 is 2.57 bits per heavy atom. The lowest BCUT2D eigenvalue weighted by atomic mass is 10.1. The Hall–Kier alpha value is -2.69. The number of benzene rings is 1. The summed E-state index contributed by atoms with van der Waals surface area (Å²) in [4.78, 5) is 18.9. The molecule has 1 aromatic carbocycles. The molecule has 3 rings (SSSR count). The Kier molecular flexibility index (Phi) is 3.86. The van der Waals surface area contributed by atoms with Crippen LogP contribution in [-0.2, 0) is 6.54 Å². The molecule has 0 atom stereocenters. The number of nitrogens with zero attached hydrogens (tertiary/aromatic N) is 3. The van der Waals surface area contributed by atoms with E-state index in [9.17, 15) is 4.79 Å². The maximum Gasteiger partial charge on any atom is 0.258 e. The maximum absolute atomic E-state index is 12.9. The summed E-state index contributed by atoms with van der Waals surface area (Å²) < 4.78 is 5.20. The van der Waals surface area contributed by atoms with Crippen molar-refractivity contribution in [2.45, 2.75) is 27.3 Å². The molecule has 5 nitrogen and oxygen atoms in total. The molecule has 0 aliphatic carbocycles. The quantitative estimate of drug-likeness (QED) is 0.744. The fourth-order valence-corrected chi connectivity index (χ4v) is 2.63. The van der Waals surface area contributed by atoms with Crippen LogP contribution in [0.25, 0.3) is 11.1 Å². The normalized spacial score (nSPS) is 11.0. The van der Waals surface area contributed by atoms with Crippen molar-refractivity contribution < 1.29 is 9.32 Å². The Balaban J connectivity index is 1.93. The fraction of sp³-hybridized carbons (Fsp3) is 0.278. The molecule has 1 amide bonds. The Labute approximate surface area is 134 Å². The van der Waals surface area contributed by atoms with Crippen LogP contribution in [0.1, 0.15) is 32.9 Å². The van der Waals surface area contributed by atoms with E-state index in [-0.39, 0.29) is 5.91 Å². The van der Waals surface area contributed by atoms with Gasteiger partial charge in [-0.1, -0.05) is 35.0 Å². The van der Waals surface area contributed by atoms with E-state index in [0.29, 0.717) is 28.9 Å². The summed E-state index contributed by atoms with van der Waals surface area (Å²) in [6, 6.07) is 9.97. The molecular formula is C18H19N3O2. The molecular weight excluding hydrogens is 290 g/mol. The lowest BCUT2D eigenvalue weighted by molar-refractivity contribution is 0.0787. The number of rotatable bonds is 3. The summed E-state index contributed by atoms with van der Waals surface area (Å²) in [5, 5.41) is 4.62. The zero-order valence-electron chi connectivity index (χ0n) is 13.8. The van der Waals surface area contributed by atoms with Gasteiger partial charge in [0, 0.05) is 19.3 Å². The number of pyridine rings is 1. The highest BCUT2D eigenvalue weighted by Crippen LogP contribution is 2.23. The van der Waals surface area contributed by atoms with Crippen LogP contribution in [0.3, 0.4) is 0 Å². The van der Waals surface area contributed by atoms with Gasteiger partial charge >= 0.3 is 0 Å². The van der Waals surface area contributed by atoms with Crippen LogP contribution in [0.15, 0.2) is 34.9 Å². The van der Waals surface area contributed by atoms with E-state index in [1.54, 1.807) is 18.0 Å². The van der Waals surface area contributed by atoms with Gasteiger partial charge in [0.25, 0.3) is 11.6 Å². The van der Waals surface area contributed by atoms with Crippen molar-refractivity contribution in [3.8, 4) is 0 Å². The molecule has 3 aromatic rings. The molecule has 0 radical (unpaired) electrons. The second kappa shape index (κ2) is 5.83. The van der Waals surface area contributed by atoms with E-state index in [0.717, 1.165) is 11.3 Å². The third kappa shape index (κ3) is 2.95. The lowest BCUT2D eigenvalue weighted by Crippen LogP contribution is -2.26. The minimum absolute atomic E-state index is 0.0626. The molecule has 0 fully saturated rings. The molecule has 2 aromatic heterocycles. The first-order chi connectivity index (χ1) is 11.0. The largest absolute Gasteiger partial charge is 0.337 e. The van der Waals surface area contributed by atoms with Crippen LogP contribution in [0, 0.1) is 20.8 Å². The third-order valence-electron chi connectivity index (χ3n) is 3.86. The SMILES string of the molecule is Cc1ccc(CN(C)C(=O)c2cc(C)nc3onc(C)c23)cc1. The Bertz CT molecular complexity index is 866. The number of fused-ring (bicyclic) bond motifs is 1. The van der Waals surface area contributed by atoms with Gasteiger partial charge in [-0.05, 0) is 32.4 Å². The molecule has 118 valence electrons. The van der Waals surface area contributed by atoms with Crippen molar-refractivity contribution in [2.24, 2.45) is 0 Å². The number of amides is 1. The van der Waals surface area contributed by atoms with Gasteiger partial charge in [-0.3, -0.25) is 4.79 Å². The molecule has 0 bridgehead atoms. The van der Waals surface area contributed by atoms with Gasteiger partial charge in [-0.15, -0.1) is 0 Å². The van der Waals surface area contributed by atoms with Crippen molar-refractivity contribution in [1.82, 2.24) is 15.0 Å². The summed E-state index contributed by atoms with van der Waals surface area (Å²) in [5.41, 5.74) is 4.71. The number of hydrogen-bond acceptors (Lipinski definition) is 4. The van der Waals surface area contributed by atoms with Gasteiger partial charge in [-0.2, -0.15) is 0 Å². The Morgan fingerprint density at radius 2 is 1.87 bits per heavy atom. The molecule has 0 saturated heterocycles. The molecule has 5 heteroatoms. The standard InChI is InChI=1S/C18H19N3O2/c1-11-5-7-14(8-6-11)10-21(4)18(22)15-9-12(2)19-17-16(15)13(3)20-23-17/h5-9H,10H2,1-4H3. The first-order valence-electron chi connectivity index (χ1n) is 7.50. The minimum Gasteiger partial charge on any atom is -0.337 e. The molecule has 2 heterocycles. The number of aromatic nitrogens is 2. The summed E-state index contributed by atoms with van der Waals surface area (Å²) in [7, 11) is 1.80. The third-order valence-corrected chi connectivity index (χ3v) is 3.86. The maximum atomic E-state index is 12.9. The molecule has 0 aliphatic heterocycles. The zero-order valence-corrected chi connectivity index (χ0v) is 13.8. The van der Waals surface area contributed by atoms with E-state index in [1.165, 1.54) is 5.56 Å². The van der Waals surface area contributed by atoms with Crippen molar-refractivity contribution in [2.75, 3.05) is 7.05 Å². The van der Waals surface area contributed by atoms with Gasteiger partial charge in [0.2, 0.25) is 0 Å². The molecule has 0 spiro atoms. The first-order valence-corrected chi connectivity index (χ1v) is 7.50. The number of hydrogen-bond donors (Lipinski definition) is 0. The Morgan fingerprint density at radius 1 is 1.17 bits per heavy atom. The van der Waals surface area contributed by atoms with Gasteiger partial charge < -0.3 is 9.42 Å². The van der Waals surface area contributed by atoms with Crippen LogP contribution < -0.4 is 0 Å². The monoisotopic (exact) mass is 309 g/mol. The van der Waals surface area contributed by atoms with Crippen molar-refractivity contribution in [3.63, 3.8) is 0 Å². The van der Waals surface area contributed by atoms with E-state index in [4.69, 9.17) is 4.52 Å². The van der Waals surface area contributed by atoms with Crippen molar-refractivity contribution in [1.29, 1.82) is 0 Å². The average Bonchev–Trinajstić information content (AvgIpc) is 2.89. The van der Waals surface area contributed by atoms with Gasteiger partial charge in [0.1, 0.15) is 0 Å². The number of carbonyl (C=O) groups excluding carboxylic acids is 1. The van der Waals surface area contributed by atoms with Crippen LogP contribution >= 0.6 is 0 Å². The van der Waals surface area contributed by atoms with E-state index in [2.05, 4.69) is 10.1 Å². The highest BCUT2D eigenvalue weighted by Gasteiger charge is 2.20. The van der Waals surface area contributed by atoms with E-state index < -0.39 is 0 Å². The summed E-state index contributed by atoms with van der Waals surface area (Å²) in [5.74, 6) is -0.0626. The molecule has 0 saturated carbocycles. The van der Waals surface area contributed by atoms with Crippen LogP contribution in [-0.4, -0.2) is 28.0 Å². The highest BCUT2D eigenvalue weighted by molar-refractivity contribution is 6.05. The van der Waals surface area contributed by atoms with Crippen molar-refractivity contribution >= 4 is 17.0 Å². The van der Waals surface area contributed by atoms with Crippen LogP contribution in [0.2, 0.25) is 0 Å². The average molecular weight is 309 g/mol. The topological polar surface area (TPSA) is 59.2 Å². The zero-order chi connectivity index (χ0) is 16.6. The van der Waals surface area contributed by atoms with E-state index >= 15 is 0 Å². The molecule has 0 unspecified atom stereocenters. The highest BCUT2D eigenvalue weighted by atomic mass is 16.5. The van der Waals surface area contributed by atoms with E-state index in [1.807, 2.05) is 45.0 Å². The van der Waals surface area contributed by atoms with Gasteiger partial charge in [-0.25, -0.2) is 4.98 Å². The summed E-state index contributed by atoms with van der Waals surface area (Å²) in [6.07, 6.45) is 0. The van der Waals surface area contributed by atoms with Gasteiger partial charge in [0.15, 0.2) is 0 Å². The number of carbonyl (C=O) groups is 1. The molecule has 0 aliphatic rings. The van der Waals surface area contributed by atoms with Crippen molar-refractivity contribution in [3.05, 3.63) is 58.4 Å². The van der Waals surface area contributed by atoms with Crippen LogP contribution in [0.4, 0.5) is 0 Å².